The van der Waals surface area contributed by atoms with Gasteiger partial charge >= 0.3 is 0 Å². The minimum absolute atomic E-state index is 0.0375. The van der Waals surface area contributed by atoms with Crippen molar-refractivity contribution in [1.82, 2.24) is 10.2 Å². The number of aromatic nitrogens is 2. The number of anilines is 1. The van der Waals surface area contributed by atoms with E-state index < -0.39 is 5.91 Å². The van der Waals surface area contributed by atoms with Crippen LogP contribution in [-0.4, -0.2) is 29.2 Å². The van der Waals surface area contributed by atoms with E-state index in [9.17, 15) is 9.18 Å². The molecule has 0 spiro atoms. The lowest BCUT2D eigenvalue weighted by atomic mass is 10.0. The highest BCUT2D eigenvalue weighted by atomic mass is 19.1. The topological polar surface area (TPSA) is 95.9 Å². The maximum atomic E-state index is 13.4. The minimum Gasteiger partial charge on any atom is -0.369 e. The van der Waals surface area contributed by atoms with Crippen LogP contribution in [-0.2, 0) is 11.2 Å². The normalized spacial score (nSPS) is 13.1. The average molecular weight is 369 g/mol. The molecule has 7 heteroatoms. The molecule has 2 N–H and O–H groups in total. The fourth-order valence-corrected chi connectivity index (χ4v) is 2.75. The number of benzene rings is 1. The molecule has 1 saturated heterocycles. The summed E-state index contributed by atoms with van der Waals surface area (Å²) in [6, 6.07) is 10.4. The Morgan fingerprint density at radius 2 is 1.96 bits per heavy atom. The molecule has 1 aliphatic heterocycles. The third-order valence-corrected chi connectivity index (χ3v) is 4.30. The van der Waals surface area contributed by atoms with E-state index in [-0.39, 0.29) is 18.2 Å². The smallest absolute Gasteiger partial charge is 0.221 e. The highest BCUT2D eigenvalue weighted by molar-refractivity contribution is 5.76. The Kier molecular flexibility index (Phi) is 7.24. The molecule has 0 aliphatic carbocycles. The van der Waals surface area contributed by atoms with Crippen LogP contribution >= 0.6 is 0 Å². The van der Waals surface area contributed by atoms with Gasteiger partial charge in [0.05, 0.1) is 6.42 Å². The Balaban J connectivity index is 0.000000194. The van der Waals surface area contributed by atoms with Gasteiger partial charge in [-0.25, -0.2) is 4.39 Å². The first-order chi connectivity index (χ1) is 12.9. The van der Waals surface area contributed by atoms with Crippen molar-refractivity contribution in [2.45, 2.75) is 39.0 Å². The van der Waals surface area contributed by atoms with Crippen LogP contribution in [0, 0.1) is 17.1 Å². The monoisotopic (exact) mass is 369 g/mol. The number of hydrogen-bond donors (Lipinski definition) is 1. The van der Waals surface area contributed by atoms with E-state index in [1.807, 2.05) is 32.0 Å². The quantitative estimate of drug-likeness (QED) is 0.894. The Morgan fingerprint density at radius 3 is 2.44 bits per heavy atom. The minimum atomic E-state index is -0.513. The van der Waals surface area contributed by atoms with Crippen LogP contribution in [0.1, 0.15) is 49.4 Å². The molecule has 0 saturated carbocycles. The zero-order valence-corrected chi connectivity index (χ0v) is 15.7. The molecule has 3 rings (SSSR count). The maximum absolute atomic E-state index is 13.4. The second kappa shape index (κ2) is 9.62. The van der Waals surface area contributed by atoms with Crippen molar-refractivity contribution in [3.05, 3.63) is 53.0 Å². The lowest BCUT2D eigenvalue weighted by Gasteiger charge is -2.14. The second-order valence-electron chi connectivity index (χ2n) is 6.73. The number of hydrogen-bond acceptors (Lipinski definition) is 5. The van der Waals surface area contributed by atoms with Gasteiger partial charge in [-0.05, 0) is 48.1 Å². The molecule has 0 unspecified atom stereocenters. The van der Waals surface area contributed by atoms with Crippen molar-refractivity contribution in [1.29, 1.82) is 5.26 Å². The molecule has 1 amide bonds. The first-order valence-corrected chi connectivity index (χ1v) is 8.96. The molecule has 27 heavy (non-hydrogen) atoms. The Labute approximate surface area is 158 Å². The van der Waals surface area contributed by atoms with Gasteiger partial charge < -0.3 is 10.6 Å². The molecular formula is C20H24FN5O. The summed E-state index contributed by atoms with van der Waals surface area (Å²) < 4.78 is 13.4. The average Bonchev–Trinajstić information content (AvgIpc) is 3.18. The molecule has 142 valence electrons. The second-order valence-corrected chi connectivity index (χ2v) is 6.73. The maximum Gasteiger partial charge on any atom is 0.221 e. The predicted octanol–water partition coefficient (Wildman–Crippen LogP) is 2.93. The van der Waals surface area contributed by atoms with Gasteiger partial charge in [0.25, 0.3) is 0 Å². The molecule has 0 radical (unpaired) electrons. The molecular weight excluding hydrogens is 345 g/mol. The van der Waals surface area contributed by atoms with Gasteiger partial charge in [-0.2, -0.15) is 5.26 Å². The summed E-state index contributed by atoms with van der Waals surface area (Å²) in [5.74, 6) is 0.305. The van der Waals surface area contributed by atoms with E-state index in [0.29, 0.717) is 11.3 Å². The van der Waals surface area contributed by atoms with E-state index >= 15 is 0 Å². The summed E-state index contributed by atoms with van der Waals surface area (Å²) in [4.78, 5) is 12.8. The summed E-state index contributed by atoms with van der Waals surface area (Å²) in [5.41, 5.74) is 6.65. The van der Waals surface area contributed by atoms with E-state index in [2.05, 4.69) is 15.1 Å². The van der Waals surface area contributed by atoms with Crippen molar-refractivity contribution < 1.29 is 9.18 Å². The van der Waals surface area contributed by atoms with Crippen LogP contribution in [0.25, 0.3) is 0 Å². The molecule has 2 heterocycles. The van der Waals surface area contributed by atoms with Gasteiger partial charge in [0.15, 0.2) is 11.5 Å². The van der Waals surface area contributed by atoms with Crippen molar-refractivity contribution in [2.24, 2.45) is 5.73 Å². The first-order valence-electron chi connectivity index (χ1n) is 8.96. The number of carbonyl (C=O) groups excluding carboxylic acids is 1. The van der Waals surface area contributed by atoms with Gasteiger partial charge in [-0.3, -0.25) is 4.79 Å². The lowest BCUT2D eigenvalue weighted by Crippen LogP contribution is -2.19. The van der Waals surface area contributed by atoms with Gasteiger partial charge in [0.1, 0.15) is 11.9 Å². The van der Waals surface area contributed by atoms with Crippen molar-refractivity contribution >= 4 is 11.7 Å². The van der Waals surface area contributed by atoms with E-state index in [1.165, 1.54) is 18.9 Å². The van der Waals surface area contributed by atoms with Gasteiger partial charge in [0.2, 0.25) is 5.91 Å². The number of primary amides is 1. The number of rotatable bonds is 4. The molecule has 1 aromatic heterocycles. The number of halogens is 1. The van der Waals surface area contributed by atoms with E-state index in [4.69, 9.17) is 11.0 Å². The van der Waals surface area contributed by atoms with Crippen molar-refractivity contribution in [3.8, 4) is 6.07 Å². The molecule has 6 nitrogen and oxygen atoms in total. The zero-order chi connectivity index (χ0) is 19.8. The van der Waals surface area contributed by atoms with Gasteiger partial charge in [-0.1, -0.05) is 26.0 Å². The van der Waals surface area contributed by atoms with Crippen LogP contribution in [0.3, 0.4) is 0 Å². The fourth-order valence-electron chi connectivity index (χ4n) is 2.75. The van der Waals surface area contributed by atoms with Crippen LogP contribution in [0.5, 0.6) is 0 Å². The first kappa shape index (κ1) is 20.3. The van der Waals surface area contributed by atoms with E-state index in [1.54, 1.807) is 12.1 Å². The third-order valence-electron chi connectivity index (χ3n) is 4.30. The molecule has 0 bridgehead atoms. The molecule has 1 aromatic carbocycles. The SMILES string of the molecule is CC(C)c1ccc(CC(N)=O)c(F)c1.N#Cc1ccc(N2CCCC2)nn1. The number of amides is 1. The zero-order valence-electron chi connectivity index (χ0n) is 15.7. The summed E-state index contributed by atoms with van der Waals surface area (Å²) in [6.45, 7) is 6.09. The standard InChI is InChI=1S/C11H14FNO.C9H10N4/c1-7(2)8-3-4-9(6-11(13)14)10(12)5-8;10-7-8-3-4-9(12-11-8)13-5-1-2-6-13/h3-5,7H,6H2,1-2H3,(H2,13,14);3-4H,1-2,5-6H2. The lowest BCUT2D eigenvalue weighted by molar-refractivity contribution is -0.117. The summed E-state index contributed by atoms with van der Waals surface area (Å²) in [5, 5.41) is 16.3. The molecule has 1 aliphatic rings. The molecule has 1 fully saturated rings. The number of nitriles is 1. The summed E-state index contributed by atoms with van der Waals surface area (Å²) in [6.07, 6.45) is 2.41. The van der Waals surface area contributed by atoms with E-state index in [0.717, 1.165) is 24.5 Å². The molecule has 0 atom stereocenters. The molecule has 2 aromatic rings. The fraction of sp³-hybridized carbons (Fsp3) is 0.400. The highest BCUT2D eigenvalue weighted by Gasteiger charge is 2.13. The van der Waals surface area contributed by atoms with Crippen LogP contribution in [0.15, 0.2) is 30.3 Å². The van der Waals surface area contributed by atoms with Gasteiger partial charge in [0, 0.05) is 13.1 Å². The van der Waals surface area contributed by atoms with Gasteiger partial charge in [-0.15, -0.1) is 10.2 Å². The summed E-state index contributed by atoms with van der Waals surface area (Å²) in [7, 11) is 0. The highest BCUT2D eigenvalue weighted by Crippen LogP contribution is 2.18. The Morgan fingerprint density at radius 1 is 1.26 bits per heavy atom. The Bertz CT molecular complexity index is 808. The van der Waals surface area contributed by atoms with Crippen molar-refractivity contribution in [2.75, 3.05) is 18.0 Å². The third kappa shape index (κ3) is 6.03. The number of carbonyl (C=O) groups is 1. The van der Waals surface area contributed by atoms with Crippen LogP contribution in [0.2, 0.25) is 0 Å². The number of nitrogens with zero attached hydrogens (tertiary/aromatic N) is 4. The van der Waals surface area contributed by atoms with Crippen LogP contribution in [0.4, 0.5) is 10.2 Å². The summed E-state index contributed by atoms with van der Waals surface area (Å²) >= 11 is 0. The van der Waals surface area contributed by atoms with Crippen molar-refractivity contribution in [3.63, 3.8) is 0 Å². The Hall–Kier alpha value is -3.01. The number of nitrogens with two attached hydrogens (primary N) is 1. The largest absolute Gasteiger partial charge is 0.369 e. The predicted molar refractivity (Wildman–Crippen MR) is 102 cm³/mol. The van der Waals surface area contributed by atoms with Crippen LogP contribution < -0.4 is 10.6 Å².